The molecule has 0 radical (unpaired) electrons. The predicted octanol–water partition coefficient (Wildman–Crippen LogP) is 4.23. The number of aromatic nitrogens is 1. The van der Waals surface area contributed by atoms with Gasteiger partial charge in [-0.15, -0.1) is 0 Å². The highest BCUT2D eigenvalue weighted by molar-refractivity contribution is 9.10. The Bertz CT molecular complexity index is 520. The lowest BCUT2D eigenvalue weighted by Crippen LogP contribution is -2.12. The molecule has 2 aromatic rings. The molecular weight excluding hydrogens is 276 g/mol. The largest absolute Gasteiger partial charge is 0.329 e. The molecular formula is C14H15BrN2. The monoisotopic (exact) mass is 290 g/mol. The minimum Gasteiger partial charge on any atom is -0.329 e. The first-order chi connectivity index (χ1) is 8.08. The van der Waals surface area contributed by atoms with Gasteiger partial charge >= 0.3 is 0 Å². The van der Waals surface area contributed by atoms with Gasteiger partial charge in [0.1, 0.15) is 5.82 Å². The molecule has 0 fully saturated rings. The molecule has 0 atom stereocenters. The van der Waals surface area contributed by atoms with Gasteiger partial charge in [-0.05, 0) is 53.5 Å². The SMILES string of the molecule is Cc1ccc(N(C)c2ccc(Br)cn2)c(C)c1. The van der Waals surface area contributed by atoms with Gasteiger partial charge in [-0.25, -0.2) is 4.98 Å². The van der Waals surface area contributed by atoms with Crippen molar-refractivity contribution in [3.05, 3.63) is 52.1 Å². The molecule has 0 N–H and O–H groups in total. The van der Waals surface area contributed by atoms with E-state index in [1.165, 1.54) is 16.8 Å². The van der Waals surface area contributed by atoms with E-state index in [0.717, 1.165) is 10.3 Å². The molecule has 1 aromatic carbocycles. The summed E-state index contributed by atoms with van der Waals surface area (Å²) in [6.07, 6.45) is 1.81. The fourth-order valence-electron chi connectivity index (χ4n) is 1.87. The van der Waals surface area contributed by atoms with Gasteiger partial charge in [-0.2, -0.15) is 0 Å². The number of hydrogen-bond donors (Lipinski definition) is 0. The van der Waals surface area contributed by atoms with Crippen LogP contribution in [0.5, 0.6) is 0 Å². The van der Waals surface area contributed by atoms with Crippen molar-refractivity contribution in [3.8, 4) is 0 Å². The predicted molar refractivity (Wildman–Crippen MR) is 75.9 cm³/mol. The van der Waals surface area contributed by atoms with Crippen molar-refractivity contribution < 1.29 is 0 Å². The summed E-state index contributed by atoms with van der Waals surface area (Å²) in [5.74, 6) is 0.945. The van der Waals surface area contributed by atoms with Gasteiger partial charge in [-0.3, -0.25) is 0 Å². The van der Waals surface area contributed by atoms with Crippen LogP contribution in [0.15, 0.2) is 41.0 Å². The fourth-order valence-corrected chi connectivity index (χ4v) is 2.11. The molecule has 0 bridgehead atoms. The lowest BCUT2D eigenvalue weighted by atomic mass is 10.1. The number of halogens is 1. The van der Waals surface area contributed by atoms with Crippen LogP contribution in [-0.4, -0.2) is 12.0 Å². The van der Waals surface area contributed by atoms with Gasteiger partial charge in [-0.1, -0.05) is 17.7 Å². The van der Waals surface area contributed by atoms with Crippen LogP contribution < -0.4 is 4.90 Å². The Hall–Kier alpha value is -1.35. The molecule has 0 aliphatic carbocycles. The lowest BCUT2D eigenvalue weighted by molar-refractivity contribution is 1.11. The van der Waals surface area contributed by atoms with Crippen molar-refractivity contribution in [3.63, 3.8) is 0 Å². The minimum atomic E-state index is 0.945. The van der Waals surface area contributed by atoms with Crippen molar-refractivity contribution >= 4 is 27.4 Å². The third-order valence-electron chi connectivity index (χ3n) is 2.77. The van der Waals surface area contributed by atoms with Crippen molar-refractivity contribution in [1.29, 1.82) is 0 Å². The molecule has 2 nitrogen and oxygen atoms in total. The molecule has 17 heavy (non-hydrogen) atoms. The molecule has 1 aromatic heterocycles. The van der Waals surface area contributed by atoms with E-state index >= 15 is 0 Å². The Balaban J connectivity index is 2.36. The zero-order valence-corrected chi connectivity index (χ0v) is 11.8. The molecule has 3 heteroatoms. The molecule has 0 amide bonds. The Morgan fingerprint density at radius 2 is 1.88 bits per heavy atom. The van der Waals surface area contributed by atoms with Crippen molar-refractivity contribution in [2.45, 2.75) is 13.8 Å². The maximum Gasteiger partial charge on any atom is 0.132 e. The van der Waals surface area contributed by atoms with Gasteiger partial charge in [0.2, 0.25) is 0 Å². The minimum absolute atomic E-state index is 0.945. The number of anilines is 2. The second-order valence-electron chi connectivity index (χ2n) is 4.18. The first kappa shape index (κ1) is 12.1. The smallest absolute Gasteiger partial charge is 0.132 e. The van der Waals surface area contributed by atoms with Gasteiger partial charge in [0.25, 0.3) is 0 Å². The number of aryl methyl sites for hydroxylation is 2. The third-order valence-corrected chi connectivity index (χ3v) is 3.24. The standard InChI is InChI=1S/C14H15BrN2/c1-10-4-6-13(11(2)8-10)17(3)14-7-5-12(15)9-16-14/h4-9H,1-3H3. The molecule has 0 spiro atoms. The number of nitrogens with zero attached hydrogens (tertiary/aromatic N) is 2. The van der Waals surface area contributed by atoms with Crippen LogP contribution in [-0.2, 0) is 0 Å². The summed E-state index contributed by atoms with van der Waals surface area (Å²) in [5.41, 5.74) is 3.73. The van der Waals surface area contributed by atoms with Crippen molar-refractivity contribution in [1.82, 2.24) is 4.98 Å². The number of benzene rings is 1. The molecule has 0 aliphatic rings. The van der Waals surface area contributed by atoms with Crippen LogP contribution in [0, 0.1) is 13.8 Å². The first-order valence-corrected chi connectivity index (χ1v) is 6.30. The topological polar surface area (TPSA) is 16.1 Å². The van der Waals surface area contributed by atoms with E-state index in [2.05, 4.69) is 57.9 Å². The van der Waals surface area contributed by atoms with Crippen LogP contribution in [0.4, 0.5) is 11.5 Å². The van der Waals surface area contributed by atoms with Gasteiger partial charge in [0, 0.05) is 23.4 Å². The first-order valence-electron chi connectivity index (χ1n) is 5.50. The van der Waals surface area contributed by atoms with E-state index in [4.69, 9.17) is 0 Å². The number of hydrogen-bond acceptors (Lipinski definition) is 2. The molecule has 88 valence electrons. The van der Waals surface area contributed by atoms with Crippen molar-refractivity contribution in [2.24, 2.45) is 0 Å². The average Bonchev–Trinajstić information content (AvgIpc) is 2.29. The Morgan fingerprint density at radius 3 is 2.47 bits per heavy atom. The Kier molecular flexibility index (Phi) is 3.48. The highest BCUT2D eigenvalue weighted by Gasteiger charge is 2.07. The summed E-state index contributed by atoms with van der Waals surface area (Å²) in [5, 5.41) is 0. The van der Waals surface area contributed by atoms with Gasteiger partial charge in [0.05, 0.1) is 0 Å². The molecule has 2 rings (SSSR count). The van der Waals surface area contributed by atoms with E-state index in [1.807, 2.05) is 25.4 Å². The molecule has 0 aliphatic heterocycles. The molecule has 1 heterocycles. The maximum atomic E-state index is 4.40. The summed E-state index contributed by atoms with van der Waals surface area (Å²) in [4.78, 5) is 6.50. The fraction of sp³-hybridized carbons (Fsp3) is 0.214. The average molecular weight is 291 g/mol. The molecule has 0 saturated heterocycles. The summed E-state index contributed by atoms with van der Waals surface area (Å²) >= 11 is 3.39. The zero-order valence-electron chi connectivity index (χ0n) is 10.2. The van der Waals surface area contributed by atoms with Gasteiger partial charge in [0.15, 0.2) is 0 Å². The second-order valence-corrected chi connectivity index (χ2v) is 5.10. The maximum absolute atomic E-state index is 4.40. The molecule has 0 unspecified atom stereocenters. The summed E-state index contributed by atoms with van der Waals surface area (Å²) in [6.45, 7) is 4.23. The third kappa shape index (κ3) is 2.67. The van der Waals surface area contributed by atoms with Crippen LogP contribution in [0.3, 0.4) is 0 Å². The van der Waals surface area contributed by atoms with Crippen LogP contribution >= 0.6 is 15.9 Å². The van der Waals surface area contributed by atoms with E-state index in [0.29, 0.717) is 0 Å². The van der Waals surface area contributed by atoms with E-state index in [-0.39, 0.29) is 0 Å². The van der Waals surface area contributed by atoms with E-state index in [1.54, 1.807) is 0 Å². The zero-order chi connectivity index (χ0) is 12.4. The Labute approximate surface area is 110 Å². The second kappa shape index (κ2) is 4.88. The highest BCUT2D eigenvalue weighted by atomic mass is 79.9. The lowest BCUT2D eigenvalue weighted by Gasteiger charge is -2.20. The van der Waals surface area contributed by atoms with Crippen LogP contribution in [0.2, 0.25) is 0 Å². The van der Waals surface area contributed by atoms with E-state index < -0.39 is 0 Å². The quantitative estimate of drug-likeness (QED) is 0.823. The Morgan fingerprint density at radius 1 is 1.12 bits per heavy atom. The summed E-state index contributed by atoms with van der Waals surface area (Å²) in [7, 11) is 2.04. The normalized spacial score (nSPS) is 10.4. The van der Waals surface area contributed by atoms with Crippen LogP contribution in [0.1, 0.15) is 11.1 Å². The number of pyridine rings is 1. The summed E-state index contributed by atoms with van der Waals surface area (Å²) in [6, 6.07) is 10.4. The number of rotatable bonds is 2. The van der Waals surface area contributed by atoms with Gasteiger partial charge < -0.3 is 4.90 Å². The molecule has 0 saturated carbocycles. The highest BCUT2D eigenvalue weighted by Crippen LogP contribution is 2.26. The summed E-state index contributed by atoms with van der Waals surface area (Å²) < 4.78 is 0.996. The van der Waals surface area contributed by atoms with E-state index in [9.17, 15) is 0 Å². The van der Waals surface area contributed by atoms with Crippen molar-refractivity contribution in [2.75, 3.05) is 11.9 Å². The van der Waals surface area contributed by atoms with Crippen LogP contribution in [0.25, 0.3) is 0 Å².